The molecule has 1 aromatic heterocycles. The lowest BCUT2D eigenvalue weighted by atomic mass is 9.87. The molecule has 41 heavy (non-hydrogen) atoms. The van der Waals surface area contributed by atoms with Crippen molar-refractivity contribution in [1.29, 1.82) is 0 Å². The molecule has 2 heterocycles. The summed E-state index contributed by atoms with van der Waals surface area (Å²) in [5, 5.41) is 32.0. The first-order valence-electron chi connectivity index (χ1n) is 14.3. The number of aryl methyl sites for hydroxylation is 1. The smallest absolute Gasteiger partial charge is 0.258 e. The maximum atomic E-state index is 13.4. The average molecular weight is 566 g/mol. The van der Waals surface area contributed by atoms with Gasteiger partial charge in [0.05, 0.1) is 6.10 Å². The lowest BCUT2D eigenvalue weighted by Crippen LogP contribution is -2.48. The molecule has 0 saturated carbocycles. The van der Waals surface area contributed by atoms with Gasteiger partial charge in [-0.1, -0.05) is 32.0 Å². The van der Waals surface area contributed by atoms with Crippen molar-refractivity contribution >= 4 is 16.7 Å². The van der Waals surface area contributed by atoms with Gasteiger partial charge in [-0.05, 0) is 79.1 Å². The van der Waals surface area contributed by atoms with Gasteiger partial charge < -0.3 is 34.4 Å². The zero-order valence-corrected chi connectivity index (χ0v) is 24.7. The number of likely N-dealkylation sites (N-methyl/N-ethyl adjacent to an activating group) is 1. The summed E-state index contributed by atoms with van der Waals surface area (Å²) in [6, 6.07) is 13.3. The number of hydrogen-bond acceptors (Lipinski definition) is 7. The van der Waals surface area contributed by atoms with Crippen LogP contribution in [0.15, 0.2) is 53.5 Å². The summed E-state index contributed by atoms with van der Waals surface area (Å²) >= 11 is 0. The molecule has 3 aromatic rings. The molecule has 1 saturated heterocycles. The zero-order chi connectivity index (χ0) is 29.8. The van der Waals surface area contributed by atoms with Crippen LogP contribution in [0.25, 0.3) is 21.9 Å². The van der Waals surface area contributed by atoms with Crippen molar-refractivity contribution in [2.75, 3.05) is 39.8 Å². The Morgan fingerprint density at radius 3 is 2.27 bits per heavy atom. The third kappa shape index (κ3) is 6.98. The standard InChI is InChI=1S/C32H43N3O6/c1-20-16-25(8-9-28(20)41-23(4)31(39)30(38)22(3)21(2)19-36)26-7-6-24-10-11-35(32(40)27(24)17-26)18-29(37)34-14-12-33(5)13-15-34/h6-11,16-17,21-23,30-31,36,38-39H,12-15,18-19H2,1-5H3. The fourth-order valence-electron chi connectivity index (χ4n) is 5.21. The molecule has 1 amide bonds. The summed E-state index contributed by atoms with van der Waals surface area (Å²) < 4.78 is 7.50. The van der Waals surface area contributed by atoms with E-state index in [9.17, 15) is 24.9 Å². The predicted octanol–water partition coefficient (Wildman–Crippen LogP) is 2.50. The molecule has 9 nitrogen and oxygen atoms in total. The number of benzene rings is 2. The van der Waals surface area contributed by atoms with E-state index in [0.717, 1.165) is 35.2 Å². The highest BCUT2D eigenvalue weighted by Gasteiger charge is 2.31. The van der Waals surface area contributed by atoms with Crippen molar-refractivity contribution in [1.82, 2.24) is 14.4 Å². The number of nitrogens with zero attached hydrogens (tertiary/aromatic N) is 3. The molecule has 9 heteroatoms. The average Bonchev–Trinajstić information content (AvgIpc) is 2.98. The van der Waals surface area contributed by atoms with Crippen LogP contribution in [0, 0.1) is 18.8 Å². The first-order valence-corrected chi connectivity index (χ1v) is 14.3. The Morgan fingerprint density at radius 2 is 1.61 bits per heavy atom. The van der Waals surface area contributed by atoms with Crippen LogP contribution >= 0.6 is 0 Å². The molecule has 1 fully saturated rings. The number of carbonyl (C=O) groups is 1. The van der Waals surface area contributed by atoms with Crippen molar-refractivity contribution in [3.8, 4) is 16.9 Å². The van der Waals surface area contributed by atoms with E-state index in [2.05, 4.69) is 4.90 Å². The van der Waals surface area contributed by atoms with E-state index < -0.39 is 18.3 Å². The number of aliphatic hydroxyl groups is 3. The monoisotopic (exact) mass is 565 g/mol. The first-order chi connectivity index (χ1) is 19.5. The van der Waals surface area contributed by atoms with Gasteiger partial charge in [0.15, 0.2) is 0 Å². The summed E-state index contributed by atoms with van der Waals surface area (Å²) in [6.45, 7) is 10.2. The van der Waals surface area contributed by atoms with Gasteiger partial charge in [-0.15, -0.1) is 0 Å². The molecule has 0 aliphatic carbocycles. The van der Waals surface area contributed by atoms with E-state index >= 15 is 0 Å². The van der Waals surface area contributed by atoms with Crippen molar-refractivity contribution < 1.29 is 24.9 Å². The van der Waals surface area contributed by atoms with Crippen molar-refractivity contribution in [3.05, 3.63) is 64.6 Å². The largest absolute Gasteiger partial charge is 0.488 e. The molecule has 1 aliphatic heterocycles. The number of aliphatic hydroxyl groups excluding tert-OH is 3. The third-order valence-electron chi connectivity index (χ3n) is 8.52. The number of fused-ring (bicyclic) bond motifs is 1. The van der Waals surface area contributed by atoms with Crippen LogP contribution < -0.4 is 10.3 Å². The van der Waals surface area contributed by atoms with Crippen molar-refractivity contribution in [2.24, 2.45) is 11.8 Å². The highest BCUT2D eigenvalue weighted by molar-refractivity contribution is 5.87. The fourth-order valence-corrected chi connectivity index (χ4v) is 5.21. The lowest BCUT2D eigenvalue weighted by molar-refractivity contribution is -0.133. The Morgan fingerprint density at radius 1 is 0.951 bits per heavy atom. The Labute approximate surface area is 241 Å². The van der Waals surface area contributed by atoms with Gasteiger partial charge in [0.2, 0.25) is 5.91 Å². The van der Waals surface area contributed by atoms with E-state index in [1.165, 1.54) is 4.57 Å². The molecular weight excluding hydrogens is 522 g/mol. The first kappa shape index (κ1) is 30.7. The van der Waals surface area contributed by atoms with Gasteiger partial charge in [0.1, 0.15) is 24.5 Å². The van der Waals surface area contributed by atoms with Gasteiger partial charge in [0, 0.05) is 44.4 Å². The summed E-state index contributed by atoms with van der Waals surface area (Å²) in [5.41, 5.74) is 2.41. The van der Waals surface area contributed by atoms with Crippen molar-refractivity contribution in [2.45, 2.75) is 52.6 Å². The molecule has 3 N–H and O–H groups in total. The van der Waals surface area contributed by atoms with E-state index in [1.54, 1.807) is 20.0 Å². The molecule has 0 spiro atoms. The minimum absolute atomic E-state index is 0.0181. The summed E-state index contributed by atoms with van der Waals surface area (Å²) in [6.07, 6.45) is -1.14. The molecule has 5 atom stereocenters. The molecular formula is C32H43N3O6. The zero-order valence-electron chi connectivity index (χ0n) is 24.7. The Kier molecular flexibility index (Phi) is 9.86. The number of amides is 1. The number of piperazine rings is 1. The van der Waals surface area contributed by atoms with Crippen LogP contribution in [0.2, 0.25) is 0 Å². The van der Waals surface area contributed by atoms with Crippen LogP contribution in [-0.2, 0) is 11.3 Å². The second-order valence-electron chi connectivity index (χ2n) is 11.5. The summed E-state index contributed by atoms with van der Waals surface area (Å²) in [5.74, 6) is 0.0790. The summed E-state index contributed by atoms with van der Waals surface area (Å²) in [7, 11) is 2.04. The maximum absolute atomic E-state index is 13.4. The van der Waals surface area contributed by atoms with Crippen LogP contribution in [-0.4, -0.2) is 93.7 Å². The molecule has 222 valence electrons. The Balaban J connectivity index is 1.50. The predicted molar refractivity (Wildman–Crippen MR) is 160 cm³/mol. The second-order valence-corrected chi connectivity index (χ2v) is 11.5. The van der Waals surface area contributed by atoms with Gasteiger partial charge in [-0.2, -0.15) is 0 Å². The normalized spacial score (nSPS) is 18.1. The van der Waals surface area contributed by atoms with Crippen LogP contribution in [0.4, 0.5) is 0 Å². The van der Waals surface area contributed by atoms with E-state index in [1.807, 2.05) is 68.3 Å². The van der Waals surface area contributed by atoms with Gasteiger partial charge in [-0.3, -0.25) is 9.59 Å². The highest BCUT2D eigenvalue weighted by atomic mass is 16.5. The third-order valence-corrected chi connectivity index (χ3v) is 8.52. The molecule has 2 aromatic carbocycles. The Bertz CT molecular complexity index is 1410. The molecule has 4 rings (SSSR count). The molecule has 0 radical (unpaired) electrons. The van der Waals surface area contributed by atoms with Gasteiger partial charge in [-0.25, -0.2) is 0 Å². The number of carbonyl (C=O) groups excluding carboxylic acids is 1. The number of ether oxygens (including phenoxy) is 1. The fraction of sp³-hybridized carbons (Fsp3) is 0.500. The van der Waals surface area contributed by atoms with E-state index in [-0.39, 0.29) is 36.5 Å². The molecule has 1 aliphatic rings. The number of rotatable bonds is 10. The van der Waals surface area contributed by atoms with Crippen LogP contribution in [0.1, 0.15) is 26.3 Å². The second kappa shape index (κ2) is 13.2. The SMILES string of the molecule is Cc1cc(-c2ccc3ccn(CC(=O)N4CCN(C)CC4)c(=O)c3c2)ccc1OC(C)C(O)C(O)C(C)C(C)CO. The maximum Gasteiger partial charge on any atom is 0.258 e. The number of pyridine rings is 1. The van der Waals surface area contributed by atoms with Crippen LogP contribution in [0.5, 0.6) is 5.75 Å². The van der Waals surface area contributed by atoms with E-state index in [0.29, 0.717) is 24.2 Å². The number of hydrogen-bond donors (Lipinski definition) is 3. The van der Waals surface area contributed by atoms with E-state index in [4.69, 9.17) is 4.74 Å². The Hall–Kier alpha value is -3.24. The minimum atomic E-state index is -1.12. The quantitative estimate of drug-likeness (QED) is 0.346. The lowest BCUT2D eigenvalue weighted by Gasteiger charge is -2.32. The topological polar surface area (TPSA) is 115 Å². The molecule has 0 bridgehead atoms. The van der Waals surface area contributed by atoms with Crippen LogP contribution in [0.3, 0.4) is 0 Å². The minimum Gasteiger partial charge on any atom is -0.488 e. The van der Waals surface area contributed by atoms with Gasteiger partial charge in [0.25, 0.3) is 5.56 Å². The molecule has 5 unspecified atom stereocenters. The van der Waals surface area contributed by atoms with Crippen molar-refractivity contribution in [3.63, 3.8) is 0 Å². The number of aromatic nitrogens is 1. The van der Waals surface area contributed by atoms with Gasteiger partial charge >= 0.3 is 0 Å². The highest BCUT2D eigenvalue weighted by Crippen LogP contribution is 2.29. The summed E-state index contributed by atoms with van der Waals surface area (Å²) in [4.78, 5) is 30.2.